The highest BCUT2D eigenvalue weighted by atomic mass is 32.1. The zero-order chi connectivity index (χ0) is 22.8. The van der Waals surface area contributed by atoms with Gasteiger partial charge in [-0.1, -0.05) is 36.9 Å². The number of benzene rings is 2. The highest BCUT2D eigenvalue weighted by Gasteiger charge is 2.63. The van der Waals surface area contributed by atoms with Gasteiger partial charge in [0.1, 0.15) is 11.3 Å². The van der Waals surface area contributed by atoms with E-state index in [1.165, 1.54) is 35.1 Å². The Balaban J connectivity index is 1.46. The molecule has 33 heavy (non-hydrogen) atoms. The van der Waals surface area contributed by atoms with Gasteiger partial charge in [0.05, 0.1) is 6.61 Å². The Morgan fingerprint density at radius 1 is 1.09 bits per heavy atom. The first-order chi connectivity index (χ1) is 15.9. The summed E-state index contributed by atoms with van der Waals surface area (Å²) >= 11 is 5.94. The summed E-state index contributed by atoms with van der Waals surface area (Å²) in [6, 6.07) is 16.1. The molecule has 2 fully saturated rings. The summed E-state index contributed by atoms with van der Waals surface area (Å²) in [6.45, 7) is 9.96. The monoisotopic (exact) mass is 458 g/mol. The van der Waals surface area contributed by atoms with E-state index in [4.69, 9.17) is 23.5 Å². The SMILES string of the molecule is C=C1N(C(C)C)C(=S)NC12c1cc(OCC3CC3)ccc1CC21CCc2ccccc2CC1. The quantitative estimate of drug-likeness (QED) is 0.576. The standard InChI is InChI=1S/C29H34N2OS/c1-19(2)31-20(3)29(30-27(31)33)26-16-25(32-18-21-8-9-21)11-10-24(26)17-28(29)14-12-22-6-4-5-7-23(22)13-15-28/h4-7,10-11,16,19,21H,3,8-9,12-15,17-18H2,1-2H3,(H,30,33). The van der Waals surface area contributed by atoms with Gasteiger partial charge in [-0.05, 0) is 111 Å². The van der Waals surface area contributed by atoms with Gasteiger partial charge in [0.2, 0.25) is 0 Å². The van der Waals surface area contributed by atoms with Crippen LogP contribution in [0.2, 0.25) is 0 Å². The molecule has 2 aromatic carbocycles. The summed E-state index contributed by atoms with van der Waals surface area (Å²) in [4.78, 5) is 2.25. The molecule has 2 aromatic rings. The predicted molar refractivity (Wildman–Crippen MR) is 137 cm³/mol. The van der Waals surface area contributed by atoms with Crippen molar-refractivity contribution in [3.05, 3.63) is 77.0 Å². The Bertz CT molecular complexity index is 1110. The summed E-state index contributed by atoms with van der Waals surface area (Å²) in [5.41, 5.74) is 6.53. The molecule has 1 unspecified atom stereocenters. The largest absolute Gasteiger partial charge is 0.493 e. The van der Waals surface area contributed by atoms with Crippen molar-refractivity contribution in [3.63, 3.8) is 0 Å². The summed E-state index contributed by atoms with van der Waals surface area (Å²) in [5, 5.41) is 4.70. The highest BCUT2D eigenvalue weighted by molar-refractivity contribution is 7.80. The van der Waals surface area contributed by atoms with Crippen LogP contribution in [0.4, 0.5) is 0 Å². The van der Waals surface area contributed by atoms with Crippen LogP contribution in [-0.2, 0) is 24.8 Å². The molecule has 1 saturated heterocycles. The van der Waals surface area contributed by atoms with E-state index in [9.17, 15) is 0 Å². The van der Waals surface area contributed by atoms with Crippen LogP contribution in [0.15, 0.2) is 54.7 Å². The first-order valence-electron chi connectivity index (χ1n) is 12.6. The molecule has 2 spiro atoms. The van der Waals surface area contributed by atoms with Crippen molar-refractivity contribution in [2.45, 2.75) is 70.4 Å². The molecule has 172 valence electrons. The summed E-state index contributed by atoms with van der Waals surface area (Å²) < 4.78 is 6.24. The van der Waals surface area contributed by atoms with E-state index in [1.807, 2.05) is 0 Å². The van der Waals surface area contributed by atoms with Gasteiger partial charge in [-0.25, -0.2) is 0 Å². The molecule has 4 heteroatoms. The molecule has 3 aliphatic carbocycles. The molecule has 0 aromatic heterocycles. The van der Waals surface area contributed by atoms with Crippen LogP contribution in [-0.4, -0.2) is 22.7 Å². The van der Waals surface area contributed by atoms with E-state index in [2.05, 4.69) is 66.5 Å². The van der Waals surface area contributed by atoms with E-state index in [-0.39, 0.29) is 17.0 Å². The van der Waals surface area contributed by atoms with Crippen molar-refractivity contribution < 1.29 is 4.74 Å². The molecular weight excluding hydrogens is 424 g/mol. The third-order valence-corrected chi connectivity index (χ3v) is 8.91. The van der Waals surface area contributed by atoms with Crippen LogP contribution in [0.5, 0.6) is 5.75 Å². The second kappa shape index (κ2) is 7.59. The van der Waals surface area contributed by atoms with E-state index in [0.717, 1.165) is 61.2 Å². The zero-order valence-corrected chi connectivity index (χ0v) is 20.6. The Kier molecular flexibility index (Phi) is 4.88. The van der Waals surface area contributed by atoms with Crippen molar-refractivity contribution in [1.29, 1.82) is 0 Å². The van der Waals surface area contributed by atoms with Crippen LogP contribution in [0.1, 0.15) is 61.8 Å². The molecule has 1 heterocycles. The van der Waals surface area contributed by atoms with E-state index >= 15 is 0 Å². The van der Waals surface area contributed by atoms with Crippen LogP contribution in [0, 0.1) is 11.3 Å². The second-order valence-corrected chi connectivity index (χ2v) is 11.3. The maximum Gasteiger partial charge on any atom is 0.174 e. The third-order valence-electron chi connectivity index (χ3n) is 8.61. The van der Waals surface area contributed by atoms with Gasteiger partial charge in [-0.2, -0.15) is 0 Å². The Morgan fingerprint density at radius 3 is 2.39 bits per heavy atom. The molecule has 0 bridgehead atoms. The van der Waals surface area contributed by atoms with Gasteiger partial charge in [-0.15, -0.1) is 0 Å². The first kappa shape index (κ1) is 21.2. The minimum absolute atomic E-state index is 0.0360. The summed E-state index contributed by atoms with van der Waals surface area (Å²) in [7, 11) is 0. The van der Waals surface area contributed by atoms with Crippen molar-refractivity contribution in [1.82, 2.24) is 10.2 Å². The molecule has 3 nitrogen and oxygen atoms in total. The number of aryl methyl sites for hydroxylation is 2. The fourth-order valence-electron chi connectivity index (χ4n) is 6.70. The van der Waals surface area contributed by atoms with Gasteiger partial charge in [-0.3, -0.25) is 0 Å². The number of rotatable bonds is 4. The van der Waals surface area contributed by atoms with Crippen LogP contribution in [0.25, 0.3) is 0 Å². The van der Waals surface area contributed by atoms with Crippen molar-refractivity contribution in [3.8, 4) is 5.75 Å². The number of nitrogens with zero attached hydrogens (tertiary/aromatic N) is 1. The van der Waals surface area contributed by atoms with E-state index in [1.54, 1.807) is 0 Å². The van der Waals surface area contributed by atoms with Gasteiger partial charge >= 0.3 is 0 Å². The van der Waals surface area contributed by atoms with Crippen molar-refractivity contribution >= 4 is 17.3 Å². The predicted octanol–water partition coefficient (Wildman–Crippen LogP) is 5.90. The molecular formula is C29H34N2OS. The second-order valence-electron chi connectivity index (χ2n) is 10.9. The topological polar surface area (TPSA) is 24.5 Å². The Hall–Kier alpha value is -2.33. The zero-order valence-electron chi connectivity index (χ0n) is 19.8. The first-order valence-corrected chi connectivity index (χ1v) is 13.0. The maximum atomic E-state index is 6.24. The van der Waals surface area contributed by atoms with Gasteiger partial charge < -0.3 is 15.0 Å². The fraction of sp³-hybridized carbons (Fsp3) is 0.483. The number of ether oxygens (including phenoxy) is 1. The number of hydrogen-bond donors (Lipinski definition) is 1. The number of nitrogens with one attached hydrogen (secondary N) is 1. The molecule has 1 saturated carbocycles. The third kappa shape index (κ3) is 3.17. The molecule has 0 amide bonds. The lowest BCUT2D eigenvalue weighted by Gasteiger charge is -2.45. The van der Waals surface area contributed by atoms with Crippen molar-refractivity contribution in [2.24, 2.45) is 11.3 Å². The Morgan fingerprint density at radius 2 is 1.79 bits per heavy atom. The number of hydrogen-bond acceptors (Lipinski definition) is 2. The van der Waals surface area contributed by atoms with E-state index in [0.29, 0.717) is 0 Å². The molecule has 0 radical (unpaired) electrons. The lowest BCUT2D eigenvalue weighted by molar-refractivity contribution is 0.125. The normalized spacial score (nSPS) is 25.4. The number of fused-ring (bicyclic) bond motifs is 4. The molecule has 4 aliphatic rings. The number of thiocarbonyl (C=S) groups is 1. The van der Waals surface area contributed by atoms with E-state index < -0.39 is 0 Å². The van der Waals surface area contributed by atoms with Gasteiger partial charge in [0.15, 0.2) is 5.11 Å². The molecule has 6 rings (SSSR count). The average Bonchev–Trinajstić information content (AvgIpc) is 3.56. The lowest BCUT2D eigenvalue weighted by Crippen LogP contribution is -2.51. The molecule has 1 aliphatic heterocycles. The minimum Gasteiger partial charge on any atom is -0.493 e. The Labute approximate surface area is 203 Å². The lowest BCUT2D eigenvalue weighted by atomic mass is 9.64. The smallest absolute Gasteiger partial charge is 0.174 e. The summed E-state index contributed by atoms with van der Waals surface area (Å²) in [6.07, 6.45) is 8.10. The fourth-order valence-corrected chi connectivity index (χ4v) is 7.18. The minimum atomic E-state index is -0.370. The van der Waals surface area contributed by atoms with Gasteiger partial charge in [0.25, 0.3) is 0 Å². The molecule has 1 atom stereocenters. The molecule has 1 N–H and O–H groups in total. The maximum absolute atomic E-state index is 6.24. The highest BCUT2D eigenvalue weighted by Crippen LogP contribution is 2.62. The van der Waals surface area contributed by atoms with Crippen LogP contribution >= 0.6 is 12.2 Å². The summed E-state index contributed by atoms with van der Waals surface area (Å²) in [5.74, 6) is 1.72. The van der Waals surface area contributed by atoms with Crippen LogP contribution in [0.3, 0.4) is 0 Å². The van der Waals surface area contributed by atoms with Gasteiger partial charge in [0, 0.05) is 17.2 Å². The average molecular weight is 459 g/mol. The van der Waals surface area contributed by atoms with Crippen LogP contribution < -0.4 is 10.1 Å². The van der Waals surface area contributed by atoms with Crippen molar-refractivity contribution in [2.75, 3.05) is 6.61 Å².